The normalized spacial score (nSPS) is 22.9. The Bertz CT molecular complexity index is 257. The second kappa shape index (κ2) is 12.3. The molecule has 4 nitrogen and oxygen atoms in total. The van der Waals surface area contributed by atoms with Crippen molar-refractivity contribution < 1.29 is 20.1 Å². The van der Waals surface area contributed by atoms with Gasteiger partial charge in [0.05, 0.1) is 0 Å². The lowest BCUT2D eigenvalue weighted by Crippen LogP contribution is -1.93. The molecule has 0 aromatic carbocycles. The Labute approximate surface area is 110 Å². The molecule has 0 aromatic heterocycles. The number of hydrogen-bond acceptors (Lipinski definition) is 3. The van der Waals surface area contributed by atoms with Gasteiger partial charge in [0.15, 0.2) is 0 Å². The summed E-state index contributed by atoms with van der Waals surface area (Å²) < 4.78 is 0. The Morgan fingerprint density at radius 3 is 1.56 bits per heavy atom. The number of carbonyl (C=O) groups is 1. The molecule has 0 amide bonds. The van der Waals surface area contributed by atoms with Gasteiger partial charge in [-0.05, 0) is 44.9 Å². The first kappa shape index (κ1) is 19.2. The van der Waals surface area contributed by atoms with E-state index in [1.165, 1.54) is 19.3 Å². The Morgan fingerprint density at radius 2 is 1.50 bits per heavy atom. The van der Waals surface area contributed by atoms with E-state index in [1.54, 1.807) is 19.9 Å². The van der Waals surface area contributed by atoms with Gasteiger partial charge < -0.3 is 15.3 Å². The van der Waals surface area contributed by atoms with E-state index in [-0.39, 0.29) is 0 Å². The van der Waals surface area contributed by atoms with E-state index < -0.39 is 5.97 Å². The highest BCUT2D eigenvalue weighted by atomic mass is 16.4. The quantitative estimate of drug-likeness (QED) is 0.498. The lowest BCUT2D eigenvalue weighted by atomic mass is 10.1. The Balaban J connectivity index is 0. The molecule has 3 N–H and O–H groups in total. The molecule has 2 aliphatic carbocycles. The summed E-state index contributed by atoms with van der Waals surface area (Å²) >= 11 is 0. The molecule has 18 heavy (non-hydrogen) atoms. The molecular formula is C14H26O4. The van der Waals surface area contributed by atoms with Gasteiger partial charge in [-0.3, -0.25) is 0 Å². The predicted octanol–water partition coefficient (Wildman–Crippen LogP) is 2.23. The molecule has 2 rings (SSSR count). The molecule has 0 spiro atoms. The fraction of sp³-hybridized carbons (Fsp3) is 0.643. The van der Waals surface area contributed by atoms with Crippen LogP contribution >= 0.6 is 0 Å². The van der Waals surface area contributed by atoms with Crippen LogP contribution in [0, 0.1) is 11.8 Å². The highest BCUT2D eigenvalue weighted by Crippen LogP contribution is 2.38. The molecule has 2 atom stereocenters. The Kier molecular flexibility index (Phi) is 13.2. The van der Waals surface area contributed by atoms with E-state index in [0.717, 1.165) is 26.1 Å². The first-order valence-corrected chi connectivity index (χ1v) is 6.07. The zero-order valence-electron chi connectivity index (χ0n) is 11.8. The predicted molar refractivity (Wildman–Crippen MR) is 73.3 cm³/mol. The number of aliphatic hydroxyl groups excluding tert-OH is 2. The van der Waals surface area contributed by atoms with Crippen LogP contribution in [0.3, 0.4) is 0 Å². The largest absolute Gasteiger partial charge is 0.478 e. The second-order valence-electron chi connectivity index (χ2n) is 3.99. The third-order valence-electron chi connectivity index (χ3n) is 2.94. The molecule has 0 aromatic rings. The maximum Gasteiger partial charge on any atom is 0.330 e. The molecule has 2 unspecified atom stereocenters. The summed E-state index contributed by atoms with van der Waals surface area (Å²) in [6.45, 7) is 3.26. The number of carboxylic acids is 1. The summed E-state index contributed by atoms with van der Waals surface area (Å²) in [4.78, 5) is 9.86. The number of rotatable bonds is 1. The van der Waals surface area contributed by atoms with Crippen molar-refractivity contribution in [1.82, 2.24) is 0 Å². The maximum atomic E-state index is 9.86. The summed E-state index contributed by atoms with van der Waals surface area (Å²) in [6.07, 6.45) is 10.7. The summed E-state index contributed by atoms with van der Waals surface area (Å²) in [5.74, 6) is 1.14. The van der Waals surface area contributed by atoms with Crippen LogP contribution in [0.15, 0.2) is 23.8 Å². The first-order valence-electron chi connectivity index (χ1n) is 6.07. The first-order chi connectivity index (χ1) is 8.63. The highest BCUT2D eigenvalue weighted by molar-refractivity contribution is 5.85. The van der Waals surface area contributed by atoms with Crippen LogP contribution in [-0.2, 0) is 4.79 Å². The van der Waals surface area contributed by atoms with Crippen molar-refractivity contribution >= 4 is 5.97 Å². The van der Waals surface area contributed by atoms with E-state index in [1.807, 2.05) is 0 Å². The highest BCUT2D eigenvalue weighted by Gasteiger charge is 2.25. The molecule has 106 valence electrons. The number of aliphatic hydroxyl groups is 2. The number of hydrogen-bond donors (Lipinski definition) is 3. The van der Waals surface area contributed by atoms with Gasteiger partial charge in [-0.25, -0.2) is 4.79 Å². The number of allylic oxidation sites excluding steroid dienone is 3. The smallest absolute Gasteiger partial charge is 0.330 e. The standard InChI is InChI=1S/C7H10.C5H8O2.2CH4O/c1-2-7-4-3-6(1)5-7;1-3-4(2)5(6)7;2*1-2/h1-2,6-7H,3-5H2;3H,1-2H3,(H,6,7);2*2H,1H3. The van der Waals surface area contributed by atoms with E-state index >= 15 is 0 Å². The van der Waals surface area contributed by atoms with E-state index in [2.05, 4.69) is 12.2 Å². The summed E-state index contributed by atoms with van der Waals surface area (Å²) in [7, 11) is 2.00. The van der Waals surface area contributed by atoms with Crippen molar-refractivity contribution in [3.63, 3.8) is 0 Å². The van der Waals surface area contributed by atoms with Crippen molar-refractivity contribution in [3.8, 4) is 0 Å². The van der Waals surface area contributed by atoms with E-state index in [9.17, 15) is 4.79 Å². The van der Waals surface area contributed by atoms with Gasteiger partial charge in [-0.1, -0.05) is 18.2 Å². The van der Waals surface area contributed by atoms with Gasteiger partial charge in [0.1, 0.15) is 0 Å². The van der Waals surface area contributed by atoms with Crippen LogP contribution in [0.25, 0.3) is 0 Å². The Morgan fingerprint density at radius 1 is 1.11 bits per heavy atom. The topological polar surface area (TPSA) is 77.8 Å². The summed E-state index contributed by atoms with van der Waals surface area (Å²) in [5.41, 5.74) is 0.389. The fourth-order valence-corrected chi connectivity index (χ4v) is 1.84. The summed E-state index contributed by atoms with van der Waals surface area (Å²) in [6, 6.07) is 0. The average Bonchev–Trinajstić information content (AvgIpc) is 3.08. The van der Waals surface area contributed by atoms with Crippen LogP contribution in [-0.4, -0.2) is 35.5 Å². The maximum absolute atomic E-state index is 9.86. The minimum absolute atomic E-state index is 0.389. The van der Waals surface area contributed by atoms with Crippen molar-refractivity contribution in [2.24, 2.45) is 11.8 Å². The van der Waals surface area contributed by atoms with Crippen molar-refractivity contribution in [2.75, 3.05) is 14.2 Å². The summed E-state index contributed by atoms with van der Waals surface area (Å²) in [5, 5.41) is 22.1. The molecule has 0 saturated heterocycles. The van der Waals surface area contributed by atoms with Gasteiger partial charge in [-0.15, -0.1) is 0 Å². The number of carboxylic acid groups (broad SMARTS) is 1. The minimum atomic E-state index is -0.845. The zero-order chi connectivity index (χ0) is 14.6. The number of aliphatic carboxylic acids is 1. The van der Waals surface area contributed by atoms with Gasteiger partial charge in [-0.2, -0.15) is 0 Å². The van der Waals surface area contributed by atoms with E-state index in [4.69, 9.17) is 15.3 Å². The molecule has 2 bridgehead atoms. The Hall–Kier alpha value is -1.13. The van der Waals surface area contributed by atoms with Gasteiger partial charge in [0, 0.05) is 19.8 Å². The van der Waals surface area contributed by atoms with Crippen molar-refractivity contribution in [3.05, 3.63) is 23.8 Å². The molecule has 1 saturated carbocycles. The zero-order valence-corrected chi connectivity index (χ0v) is 11.8. The molecule has 2 aliphatic rings. The SMILES string of the molecule is C1=CC2CCC1C2.CC=C(C)C(=O)O.CO.CO. The third kappa shape index (κ3) is 8.03. The molecule has 0 heterocycles. The second-order valence-corrected chi connectivity index (χ2v) is 3.99. The monoisotopic (exact) mass is 258 g/mol. The van der Waals surface area contributed by atoms with Crippen LogP contribution < -0.4 is 0 Å². The van der Waals surface area contributed by atoms with Gasteiger partial charge in [0.25, 0.3) is 0 Å². The van der Waals surface area contributed by atoms with Crippen LogP contribution in [0.2, 0.25) is 0 Å². The van der Waals surface area contributed by atoms with Gasteiger partial charge >= 0.3 is 5.97 Å². The van der Waals surface area contributed by atoms with Crippen LogP contribution in [0.4, 0.5) is 0 Å². The van der Waals surface area contributed by atoms with Crippen LogP contribution in [0.1, 0.15) is 33.1 Å². The molecule has 1 fully saturated rings. The van der Waals surface area contributed by atoms with E-state index in [0.29, 0.717) is 5.57 Å². The van der Waals surface area contributed by atoms with Crippen LogP contribution in [0.5, 0.6) is 0 Å². The molecule has 0 aliphatic heterocycles. The molecule has 4 heteroatoms. The van der Waals surface area contributed by atoms with Gasteiger partial charge in [0.2, 0.25) is 0 Å². The number of fused-ring (bicyclic) bond motifs is 2. The lowest BCUT2D eigenvalue weighted by Gasteiger charge is -1.96. The molecule has 0 radical (unpaired) electrons. The average molecular weight is 258 g/mol. The van der Waals surface area contributed by atoms with Crippen molar-refractivity contribution in [1.29, 1.82) is 0 Å². The minimum Gasteiger partial charge on any atom is -0.478 e. The third-order valence-corrected chi connectivity index (χ3v) is 2.94. The fourth-order valence-electron chi connectivity index (χ4n) is 1.84. The van der Waals surface area contributed by atoms with Crippen molar-refractivity contribution in [2.45, 2.75) is 33.1 Å². The molecular weight excluding hydrogens is 232 g/mol. The lowest BCUT2D eigenvalue weighted by molar-refractivity contribution is -0.132.